The Bertz CT molecular complexity index is 626. The average molecular weight is 347 g/mol. The molecule has 1 saturated heterocycles. The molecule has 5 heteroatoms. The summed E-state index contributed by atoms with van der Waals surface area (Å²) >= 11 is 0. The van der Waals surface area contributed by atoms with Crippen LogP contribution in [0.1, 0.15) is 28.8 Å². The van der Waals surface area contributed by atoms with E-state index in [4.69, 9.17) is 4.74 Å². The summed E-state index contributed by atoms with van der Waals surface area (Å²) < 4.78 is 5.74. The van der Waals surface area contributed by atoms with E-state index in [1.165, 1.54) is 0 Å². The summed E-state index contributed by atoms with van der Waals surface area (Å²) in [5, 5.41) is 6.37. The van der Waals surface area contributed by atoms with Crippen molar-refractivity contribution in [2.45, 2.75) is 25.5 Å². The van der Waals surface area contributed by atoms with Gasteiger partial charge in [-0.1, -0.05) is 30.3 Å². The maximum atomic E-state index is 12.2. The van der Waals surface area contributed by atoms with E-state index in [1.807, 2.05) is 54.6 Å². The maximum absolute atomic E-state index is 12.2. The lowest BCUT2D eigenvalue weighted by atomic mass is 10.1. The highest BCUT2D eigenvalue weighted by atomic mass is 35.5. The van der Waals surface area contributed by atoms with Gasteiger partial charge in [0.05, 0.1) is 0 Å². The minimum absolute atomic E-state index is 0. The highest BCUT2D eigenvalue weighted by Crippen LogP contribution is 2.14. The Labute approximate surface area is 149 Å². The normalized spacial score (nSPS) is 16.8. The lowest BCUT2D eigenvalue weighted by Crippen LogP contribution is -2.45. The zero-order chi connectivity index (χ0) is 15.9. The predicted octanol–water partition coefficient (Wildman–Crippen LogP) is 3.17. The third kappa shape index (κ3) is 5.25. The maximum Gasteiger partial charge on any atom is 0.251 e. The zero-order valence-corrected chi connectivity index (χ0v) is 14.4. The summed E-state index contributed by atoms with van der Waals surface area (Å²) in [6.07, 6.45) is 2.15. The van der Waals surface area contributed by atoms with E-state index < -0.39 is 0 Å². The number of amides is 1. The number of rotatable bonds is 5. The SMILES string of the molecule is Cl.O=C(NC1CCCNC1)c1ccc(OCc2ccccc2)cc1. The van der Waals surface area contributed by atoms with E-state index >= 15 is 0 Å². The number of ether oxygens (including phenoxy) is 1. The molecule has 1 unspecified atom stereocenters. The van der Waals surface area contributed by atoms with Crippen LogP contribution in [0.4, 0.5) is 0 Å². The Morgan fingerprint density at radius 3 is 2.54 bits per heavy atom. The summed E-state index contributed by atoms with van der Waals surface area (Å²) in [4.78, 5) is 12.2. The van der Waals surface area contributed by atoms with Crippen molar-refractivity contribution in [2.24, 2.45) is 0 Å². The molecular formula is C19H23ClN2O2. The Morgan fingerprint density at radius 1 is 1.12 bits per heavy atom. The van der Waals surface area contributed by atoms with Gasteiger partial charge in [0.2, 0.25) is 0 Å². The number of hydrogen-bond donors (Lipinski definition) is 2. The zero-order valence-electron chi connectivity index (χ0n) is 13.5. The Balaban J connectivity index is 0.00000208. The van der Waals surface area contributed by atoms with E-state index in [-0.39, 0.29) is 24.4 Å². The van der Waals surface area contributed by atoms with Crippen molar-refractivity contribution in [3.8, 4) is 5.75 Å². The second-order valence-electron chi connectivity index (χ2n) is 5.82. The van der Waals surface area contributed by atoms with Crippen LogP contribution in [-0.2, 0) is 6.61 Å². The Morgan fingerprint density at radius 2 is 1.88 bits per heavy atom. The highest BCUT2D eigenvalue weighted by Gasteiger charge is 2.16. The van der Waals surface area contributed by atoms with E-state index in [0.717, 1.165) is 37.2 Å². The summed E-state index contributed by atoms with van der Waals surface area (Å²) in [5.74, 6) is 0.748. The van der Waals surface area contributed by atoms with Gasteiger partial charge in [-0.2, -0.15) is 0 Å². The fourth-order valence-corrected chi connectivity index (χ4v) is 2.69. The van der Waals surface area contributed by atoms with Gasteiger partial charge in [0.25, 0.3) is 5.91 Å². The number of benzene rings is 2. The Kier molecular flexibility index (Phi) is 7.09. The summed E-state index contributed by atoms with van der Waals surface area (Å²) in [6, 6.07) is 17.6. The molecule has 1 heterocycles. The number of nitrogens with one attached hydrogen (secondary N) is 2. The van der Waals surface area contributed by atoms with Gasteiger partial charge in [-0.05, 0) is 49.2 Å². The number of halogens is 1. The first-order chi connectivity index (χ1) is 11.3. The number of carbonyl (C=O) groups is 1. The van der Waals surface area contributed by atoms with Crippen molar-refractivity contribution in [3.63, 3.8) is 0 Å². The molecule has 2 aromatic rings. The average Bonchev–Trinajstić information content (AvgIpc) is 2.62. The monoisotopic (exact) mass is 346 g/mol. The lowest BCUT2D eigenvalue weighted by Gasteiger charge is -2.23. The molecule has 128 valence electrons. The van der Waals surface area contributed by atoms with Gasteiger partial charge >= 0.3 is 0 Å². The topological polar surface area (TPSA) is 50.4 Å². The summed E-state index contributed by atoms with van der Waals surface area (Å²) in [5.41, 5.74) is 1.79. The minimum Gasteiger partial charge on any atom is -0.489 e. The largest absolute Gasteiger partial charge is 0.489 e. The Hall–Kier alpha value is -2.04. The highest BCUT2D eigenvalue weighted by molar-refractivity contribution is 5.94. The van der Waals surface area contributed by atoms with Gasteiger partial charge in [0.15, 0.2) is 0 Å². The molecule has 3 rings (SSSR count). The molecule has 2 N–H and O–H groups in total. The fraction of sp³-hybridized carbons (Fsp3) is 0.316. The minimum atomic E-state index is -0.0201. The third-order valence-corrected chi connectivity index (χ3v) is 4.00. The van der Waals surface area contributed by atoms with Crippen LogP contribution in [0.15, 0.2) is 54.6 Å². The van der Waals surface area contributed by atoms with Crippen LogP contribution in [-0.4, -0.2) is 25.0 Å². The molecule has 2 aromatic carbocycles. The molecule has 0 aromatic heterocycles. The van der Waals surface area contributed by atoms with Crippen molar-refractivity contribution in [1.82, 2.24) is 10.6 Å². The molecule has 1 fully saturated rings. The first kappa shape index (κ1) is 18.3. The second kappa shape index (κ2) is 9.30. The first-order valence-electron chi connectivity index (χ1n) is 8.09. The van der Waals surface area contributed by atoms with Crippen molar-refractivity contribution >= 4 is 18.3 Å². The molecule has 0 aliphatic carbocycles. The van der Waals surface area contributed by atoms with Crippen LogP contribution in [0.3, 0.4) is 0 Å². The van der Waals surface area contributed by atoms with Gasteiger partial charge < -0.3 is 15.4 Å². The molecule has 0 spiro atoms. The van der Waals surface area contributed by atoms with Crippen molar-refractivity contribution in [2.75, 3.05) is 13.1 Å². The summed E-state index contributed by atoms with van der Waals surface area (Å²) in [6.45, 7) is 2.42. The van der Waals surface area contributed by atoms with Crippen LogP contribution in [0.5, 0.6) is 5.75 Å². The molecule has 0 bridgehead atoms. The van der Waals surface area contributed by atoms with Crippen LogP contribution < -0.4 is 15.4 Å². The van der Waals surface area contributed by atoms with Crippen LogP contribution >= 0.6 is 12.4 Å². The van der Waals surface area contributed by atoms with E-state index in [2.05, 4.69) is 10.6 Å². The predicted molar refractivity (Wildman–Crippen MR) is 97.8 cm³/mol. The number of piperidine rings is 1. The number of carbonyl (C=O) groups excluding carboxylic acids is 1. The molecular weight excluding hydrogens is 324 g/mol. The molecule has 24 heavy (non-hydrogen) atoms. The molecule has 0 saturated carbocycles. The van der Waals surface area contributed by atoms with E-state index in [1.54, 1.807) is 0 Å². The molecule has 1 aliphatic heterocycles. The molecule has 4 nitrogen and oxygen atoms in total. The number of hydrogen-bond acceptors (Lipinski definition) is 3. The molecule has 1 atom stereocenters. The molecule has 1 aliphatic rings. The quantitative estimate of drug-likeness (QED) is 0.874. The van der Waals surface area contributed by atoms with Crippen molar-refractivity contribution < 1.29 is 9.53 Å². The van der Waals surface area contributed by atoms with Crippen molar-refractivity contribution in [3.05, 3.63) is 65.7 Å². The molecule has 0 radical (unpaired) electrons. The van der Waals surface area contributed by atoms with Gasteiger partial charge in [-0.25, -0.2) is 0 Å². The van der Waals surface area contributed by atoms with Crippen LogP contribution in [0.25, 0.3) is 0 Å². The first-order valence-corrected chi connectivity index (χ1v) is 8.09. The van der Waals surface area contributed by atoms with Gasteiger partial charge in [0.1, 0.15) is 12.4 Å². The van der Waals surface area contributed by atoms with E-state index in [0.29, 0.717) is 12.2 Å². The second-order valence-corrected chi connectivity index (χ2v) is 5.82. The molecule has 1 amide bonds. The van der Waals surface area contributed by atoms with Crippen LogP contribution in [0.2, 0.25) is 0 Å². The van der Waals surface area contributed by atoms with Gasteiger partial charge in [-0.3, -0.25) is 4.79 Å². The lowest BCUT2D eigenvalue weighted by molar-refractivity contribution is 0.0930. The van der Waals surface area contributed by atoms with Gasteiger partial charge in [-0.15, -0.1) is 12.4 Å². The third-order valence-electron chi connectivity index (χ3n) is 4.00. The standard InChI is InChI=1S/C19H22N2O2.ClH/c22-19(21-17-7-4-12-20-13-17)16-8-10-18(11-9-16)23-14-15-5-2-1-3-6-15;/h1-3,5-6,8-11,17,20H,4,7,12-14H2,(H,21,22);1H. The van der Waals surface area contributed by atoms with Crippen LogP contribution in [0, 0.1) is 0 Å². The summed E-state index contributed by atoms with van der Waals surface area (Å²) in [7, 11) is 0. The van der Waals surface area contributed by atoms with E-state index in [9.17, 15) is 4.79 Å². The smallest absolute Gasteiger partial charge is 0.251 e. The fourth-order valence-electron chi connectivity index (χ4n) is 2.69. The van der Waals surface area contributed by atoms with Crippen molar-refractivity contribution in [1.29, 1.82) is 0 Å². The van der Waals surface area contributed by atoms with Gasteiger partial charge in [0, 0.05) is 18.2 Å².